The number of hydrogen-bond donors (Lipinski definition) is 8. The first-order valence-electron chi connectivity index (χ1n) is 17.7. The largest absolute Gasteiger partial charge is 0.508 e. The number of aromatic hydroxyl groups is 8. The molecule has 0 atom stereocenters. The molecule has 1 aliphatic rings. The van der Waals surface area contributed by atoms with Crippen LogP contribution >= 0.6 is 0 Å². The molecule has 272 valence electrons. The highest BCUT2D eigenvalue weighted by molar-refractivity contribution is 6.06. The third-order valence-corrected chi connectivity index (χ3v) is 10.2. The van der Waals surface area contributed by atoms with Crippen LogP contribution in [0.25, 0.3) is 89.0 Å². The zero-order valence-electron chi connectivity index (χ0n) is 29.4. The second-order valence-corrected chi connectivity index (χ2v) is 14.0. The first-order valence-corrected chi connectivity index (χ1v) is 17.7. The summed E-state index contributed by atoms with van der Waals surface area (Å²) in [7, 11) is 0. The van der Waals surface area contributed by atoms with Gasteiger partial charge in [0.2, 0.25) is 0 Å². The van der Waals surface area contributed by atoms with Gasteiger partial charge in [0.1, 0.15) is 46.0 Å². The fourth-order valence-corrected chi connectivity index (χ4v) is 7.77. The molecule has 9 rings (SSSR count). The predicted molar refractivity (Wildman–Crippen MR) is 217 cm³/mol. The van der Waals surface area contributed by atoms with Crippen LogP contribution in [0.2, 0.25) is 0 Å². The van der Waals surface area contributed by atoms with Gasteiger partial charge >= 0.3 is 0 Å². The Kier molecular flexibility index (Phi) is 7.84. The third kappa shape index (κ3) is 6.11. The summed E-state index contributed by atoms with van der Waals surface area (Å²) in [6, 6.07) is 41.4. The van der Waals surface area contributed by atoms with Crippen LogP contribution < -0.4 is 0 Å². The maximum atomic E-state index is 10.4. The Morgan fingerprint density at radius 1 is 0.161 bits per heavy atom. The average molecular weight is 737 g/mol. The minimum Gasteiger partial charge on any atom is -0.508 e. The molecule has 8 aromatic carbocycles. The van der Waals surface area contributed by atoms with Gasteiger partial charge in [-0.2, -0.15) is 0 Å². The molecule has 8 N–H and O–H groups in total. The van der Waals surface area contributed by atoms with Crippen molar-refractivity contribution in [3.05, 3.63) is 146 Å². The standard InChI is InChI=1S/C48H32O8/c49-33-9-29(10-34(50)21-33)25-1-5-41-42-6-2-26(30-11-35(51)22-36(52)12-30)18-46(42)48-20-28(32-15-39(55)24-40(56)16-32)4-8-44(48)43-7-3-27(19-47(43)45(41)17-25)31-13-37(53)23-38(54)14-31/h1-24,49-56H. The van der Waals surface area contributed by atoms with Gasteiger partial charge in [-0.1, -0.05) is 48.5 Å². The van der Waals surface area contributed by atoms with Gasteiger partial charge < -0.3 is 40.9 Å². The molecular formula is C48H32O8. The van der Waals surface area contributed by atoms with Gasteiger partial charge in [-0.25, -0.2) is 0 Å². The van der Waals surface area contributed by atoms with Gasteiger partial charge in [-0.15, -0.1) is 0 Å². The predicted octanol–water partition coefficient (Wildman–Crippen LogP) is 11.0. The number of rotatable bonds is 4. The van der Waals surface area contributed by atoms with Gasteiger partial charge in [-0.3, -0.25) is 0 Å². The Hall–Kier alpha value is -7.84. The number of phenolic OH excluding ortho intramolecular Hbond substituents is 8. The van der Waals surface area contributed by atoms with Crippen LogP contribution in [-0.2, 0) is 0 Å². The van der Waals surface area contributed by atoms with E-state index in [-0.39, 0.29) is 46.0 Å². The fraction of sp³-hybridized carbons (Fsp3) is 0. The Bertz CT molecular complexity index is 2430. The Balaban J connectivity index is 1.38. The Morgan fingerprint density at radius 3 is 0.518 bits per heavy atom. The zero-order valence-corrected chi connectivity index (χ0v) is 29.4. The van der Waals surface area contributed by atoms with Crippen molar-refractivity contribution in [2.45, 2.75) is 0 Å². The van der Waals surface area contributed by atoms with E-state index < -0.39 is 0 Å². The fourth-order valence-electron chi connectivity index (χ4n) is 7.77. The molecule has 8 nitrogen and oxygen atoms in total. The molecule has 8 aromatic rings. The van der Waals surface area contributed by atoms with Gasteiger partial charge in [0.05, 0.1) is 0 Å². The molecule has 0 spiro atoms. The van der Waals surface area contributed by atoms with Crippen LogP contribution in [0.4, 0.5) is 0 Å². The summed E-state index contributed by atoms with van der Waals surface area (Å²) in [4.78, 5) is 0. The summed E-state index contributed by atoms with van der Waals surface area (Å²) in [5.41, 5.74) is 12.0. The minimum absolute atomic E-state index is 0.0845. The first kappa shape index (κ1) is 34.0. The maximum Gasteiger partial charge on any atom is 0.119 e. The van der Waals surface area contributed by atoms with Crippen LogP contribution in [-0.4, -0.2) is 40.9 Å². The van der Waals surface area contributed by atoms with Crippen LogP contribution in [0.15, 0.2) is 146 Å². The quantitative estimate of drug-likeness (QED) is 0.0885. The van der Waals surface area contributed by atoms with E-state index in [9.17, 15) is 40.9 Å². The molecule has 0 saturated carbocycles. The highest BCUT2D eigenvalue weighted by Gasteiger charge is 2.25. The lowest BCUT2D eigenvalue weighted by Crippen LogP contribution is -1.99. The maximum absolute atomic E-state index is 10.4. The normalized spacial score (nSPS) is 11.4. The van der Waals surface area contributed by atoms with Crippen LogP contribution in [0, 0.1) is 0 Å². The van der Waals surface area contributed by atoms with Crippen LogP contribution in [0.5, 0.6) is 46.0 Å². The average Bonchev–Trinajstić information content (AvgIpc) is 3.15. The van der Waals surface area contributed by atoms with E-state index in [1.807, 2.05) is 72.8 Å². The van der Waals surface area contributed by atoms with Crippen molar-refractivity contribution in [1.82, 2.24) is 0 Å². The van der Waals surface area contributed by atoms with E-state index in [0.717, 1.165) is 66.8 Å². The molecule has 0 aliphatic heterocycles. The van der Waals surface area contributed by atoms with Crippen molar-refractivity contribution in [2.75, 3.05) is 0 Å². The summed E-state index contributed by atoms with van der Waals surface area (Å²) >= 11 is 0. The summed E-state index contributed by atoms with van der Waals surface area (Å²) in [5, 5.41) is 83.3. The van der Waals surface area contributed by atoms with E-state index in [1.165, 1.54) is 24.3 Å². The molecule has 56 heavy (non-hydrogen) atoms. The lowest BCUT2D eigenvalue weighted by Gasteiger charge is -2.25. The number of hydrogen-bond acceptors (Lipinski definition) is 8. The van der Waals surface area contributed by atoms with Gasteiger partial charge in [-0.05, 0) is 162 Å². The van der Waals surface area contributed by atoms with Crippen molar-refractivity contribution in [1.29, 1.82) is 0 Å². The zero-order chi connectivity index (χ0) is 38.8. The molecule has 0 fully saturated rings. The van der Waals surface area contributed by atoms with E-state index >= 15 is 0 Å². The van der Waals surface area contributed by atoms with Crippen molar-refractivity contribution < 1.29 is 40.9 Å². The third-order valence-electron chi connectivity index (χ3n) is 10.2. The molecule has 0 amide bonds. The van der Waals surface area contributed by atoms with Gasteiger partial charge in [0.25, 0.3) is 0 Å². The van der Waals surface area contributed by atoms with E-state index in [1.54, 1.807) is 48.5 Å². The molecule has 8 heteroatoms. The smallest absolute Gasteiger partial charge is 0.119 e. The number of phenols is 8. The second kappa shape index (κ2) is 12.9. The topological polar surface area (TPSA) is 162 Å². The molecule has 0 saturated heterocycles. The molecule has 0 radical (unpaired) electrons. The summed E-state index contributed by atoms with van der Waals surface area (Å²) in [5.74, 6) is -0.676. The lowest BCUT2D eigenvalue weighted by atomic mass is 9.78. The molecule has 0 bridgehead atoms. The Labute approximate surface area is 320 Å². The highest BCUT2D eigenvalue weighted by atomic mass is 16.3. The highest BCUT2D eigenvalue weighted by Crippen LogP contribution is 2.51. The van der Waals surface area contributed by atoms with E-state index in [2.05, 4.69) is 0 Å². The summed E-state index contributed by atoms with van der Waals surface area (Å²) in [6.45, 7) is 0. The summed E-state index contributed by atoms with van der Waals surface area (Å²) < 4.78 is 0. The van der Waals surface area contributed by atoms with Crippen molar-refractivity contribution in [2.24, 2.45) is 0 Å². The first-order chi connectivity index (χ1) is 26.9. The SMILES string of the molecule is Oc1cc(O)cc(-c2ccc3c(c2)-c2cc(-c4cc(O)cc(O)c4)ccc2-c2ccc(-c4cc(O)cc(O)c4)cc2-c2cc(-c4cc(O)cc(O)c4)ccc2-3)c1. The van der Waals surface area contributed by atoms with E-state index in [0.29, 0.717) is 22.3 Å². The summed E-state index contributed by atoms with van der Waals surface area (Å²) in [6.07, 6.45) is 0. The van der Waals surface area contributed by atoms with Crippen LogP contribution in [0.3, 0.4) is 0 Å². The molecule has 0 unspecified atom stereocenters. The van der Waals surface area contributed by atoms with E-state index in [4.69, 9.17) is 0 Å². The van der Waals surface area contributed by atoms with Crippen molar-refractivity contribution >= 4 is 0 Å². The second-order valence-electron chi connectivity index (χ2n) is 14.0. The Morgan fingerprint density at radius 2 is 0.339 bits per heavy atom. The number of fused-ring (bicyclic) bond motifs is 8. The number of benzene rings is 8. The van der Waals surface area contributed by atoms with Crippen LogP contribution in [0.1, 0.15) is 0 Å². The molecule has 1 aliphatic carbocycles. The molecular weight excluding hydrogens is 705 g/mol. The van der Waals surface area contributed by atoms with Gasteiger partial charge in [0.15, 0.2) is 0 Å². The van der Waals surface area contributed by atoms with Gasteiger partial charge in [0, 0.05) is 24.3 Å². The monoisotopic (exact) mass is 736 g/mol. The molecule has 0 heterocycles. The molecule has 0 aromatic heterocycles. The van der Waals surface area contributed by atoms with Crippen molar-refractivity contribution in [3.8, 4) is 135 Å². The van der Waals surface area contributed by atoms with Crippen molar-refractivity contribution in [3.63, 3.8) is 0 Å². The lowest BCUT2D eigenvalue weighted by molar-refractivity contribution is 0.450. The minimum atomic E-state index is -0.0845.